The van der Waals surface area contributed by atoms with Gasteiger partial charge in [0, 0.05) is 42.6 Å². The van der Waals surface area contributed by atoms with E-state index in [1.165, 1.54) is 0 Å². The molecule has 0 saturated carbocycles. The van der Waals surface area contributed by atoms with Crippen molar-refractivity contribution in [1.29, 1.82) is 0 Å². The van der Waals surface area contributed by atoms with Crippen LogP contribution < -0.4 is 15.0 Å². The Morgan fingerprint density at radius 3 is 2.81 bits per heavy atom. The highest BCUT2D eigenvalue weighted by Crippen LogP contribution is 2.25. The first-order valence-corrected chi connectivity index (χ1v) is 9.16. The molecule has 0 atom stereocenters. The van der Waals surface area contributed by atoms with Crippen LogP contribution in [0.3, 0.4) is 0 Å². The van der Waals surface area contributed by atoms with Crippen LogP contribution in [0.1, 0.15) is 25.3 Å². The largest absolute Gasteiger partial charge is 0.484 e. The van der Waals surface area contributed by atoms with Gasteiger partial charge >= 0.3 is 0 Å². The summed E-state index contributed by atoms with van der Waals surface area (Å²) < 4.78 is 11.0. The van der Waals surface area contributed by atoms with Crippen molar-refractivity contribution in [3.8, 4) is 5.75 Å². The minimum absolute atomic E-state index is 0.111. The number of nitrogens with zero attached hydrogens (tertiary/aromatic N) is 1. The lowest BCUT2D eigenvalue weighted by Crippen LogP contribution is -2.24. The molecule has 6 nitrogen and oxygen atoms in total. The molecule has 0 aliphatic carbocycles. The van der Waals surface area contributed by atoms with Gasteiger partial charge in [-0.2, -0.15) is 0 Å². The maximum atomic E-state index is 12.3. The number of hydrogen-bond acceptors (Lipinski definition) is 4. The number of carbonyl (C=O) groups excluding carboxylic acids is 2. The van der Waals surface area contributed by atoms with Crippen molar-refractivity contribution in [2.75, 3.05) is 30.0 Å². The van der Waals surface area contributed by atoms with Gasteiger partial charge in [0.05, 0.1) is 6.61 Å². The van der Waals surface area contributed by atoms with Crippen molar-refractivity contribution in [2.45, 2.75) is 26.4 Å². The molecular formula is C21H24N2O4. The highest BCUT2D eigenvalue weighted by molar-refractivity contribution is 5.95. The van der Waals surface area contributed by atoms with Gasteiger partial charge in [-0.3, -0.25) is 9.59 Å². The Morgan fingerprint density at radius 1 is 1.19 bits per heavy atom. The number of rotatable bonds is 8. The highest BCUT2D eigenvalue weighted by atomic mass is 16.5. The van der Waals surface area contributed by atoms with Crippen LogP contribution in [0, 0.1) is 0 Å². The molecular weight excluding hydrogens is 344 g/mol. The number of ether oxygens (including phenoxy) is 2. The Hall–Kier alpha value is -2.86. The topological polar surface area (TPSA) is 67.9 Å². The second-order valence-electron chi connectivity index (χ2n) is 6.28. The molecule has 0 spiro atoms. The molecule has 0 unspecified atom stereocenters. The van der Waals surface area contributed by atoms with Gasteiger partial charge in [0.1, 0.15) is 5.75 Å². The molecule has 1 fully saturated rings. The summed E-state index contributed by atoms with van der Waals surface area (Å²) in [7, 11) is 0. The van der Waals surface area contributed by atoms with E-state index < -0.39 is 0 Å². The van der Waals surface area contributed by atoms with Gasteiger partial charge < -0.3 is 19.7 Å². The minimum Gasteiger partial charge on any atom is -0.484 e. The van der Waals surface area contributed by atoms with E-state index in [0.29, 0.717) is 25.4 Å². The molecule has 0 aromatic heterocycles. The number of hydrogen-bond donors (Lipinski definition) is 1. The van der Waals surface area contributed by atoms with Crippen LogP contribution in [0.2, 0.25) is 0 Å². The lowest BCUT2D eigenvalue weighted by atomic mass is 10.2. The normalized spacial score (nSPS) is 13.7. The standard InChI is InChI=1S/C21H24N2O4/c1-2-26-14-16-7-3-4-10-19(16)22-20(24)15-27-18-9-5-8-17(13-18)23-12-6-11-21(23)25/h3-5,7-10,13H,2,6,11-12,14-15H2,1H3,(H,22,24). The molecule has 2 aromatic rings. The zero-order valence-corrected chi connectivity index (χ0v) is 15.4. The minimum atomic E-state index is -0.249. The number of para-hydroxylation sites is 1. The Kier molecular flexibility index (Phi) is 6.44. The number of amides is 2. The first-order chi connectivity index (χ1) is 13.2. The van der Waals surface area contributed by atoms with E-state index >= 15 is 0 Å². The number of benzene rings is 2. The summed E-state index contributed by atoms with van der Waals surface area (Å²) in [6.07, 6.45) is 1.45. The maximum Gasteiger partial charge on any atom is 0.262 e. The molecule has 142 valence electrons. The molecule has 2 amide bonds. The van der Waals surface area contributed by atoms with E-state index in [9.17, 15) is 9.59 Å². The van der Waals surface area contributed by atoms with E-state index in [1.807, 2.05) is 43.3 Å². The van der Waals surface area contributed by atoms with Crippen LogP contribution in [0.15, 0.2) is 48.5 Å². The fraction of sp³-hybridized carbons (Fsp3) is 0.333. The fourth-order valence-electron chi connectivity index (χ4n) is 2.98. The van der Waals surface area contributed by atoms with Gasteiger partial charge in [0.25, 0.3) is 5.91 Å². The predicted octanol–water partition coefficient (Wildman–Crippen LogP) is 3.37. The smallest absolute Gasteiger partial charge is 0.262 e. The van der Waals surface area contributed by atoms with Crippen molar-refractivity contribution in [3.05, 3.63) is 54.1 Å². The van der Waals surface area contributed by atoms with E-state index in [2.05, 4.69) is 5.32 Å². The molecule has 0 radical (unpaired) electrons. The Labute approximate surface area is 159 Å². The lowest BCUT2D eigenvalue weighted by molar-refractivity contribution is -0.118. The molecule has 0 bridgehead atoms. The van der Waals surface area contributed by atoms with Crippen LogP contribution in [-0.4, -0.2) is 31.6 Å². The highest BCUT2D eigenvalue weighted by Gasteiger charge is 2.21. The van der Waals surface area contributed by atoms with Crippen molar-refractivity contribution in [2.24, 2.45) is 0 Å². The first kappa shape index (κ1) is 18.9. The summed E-state index contributed by atoms with van der Waals surface area (Å²) >= 11 is 0. The monoisotopic (exact) mass is 368 g/mol. The predicted molar refractivity (Wildman–Crippen MR) is 104 cm³/mol. The van der Waals surface area contributed by atoms with Gasteiger partial charge in [-0.15, -0.1) is 0 Å². The summed E-state index contributed by atoms with van der Waals surface area (Å²) in [5.74, 6) is 0.433. The van der Waals surface area contributed by atoms with Crippen molar-refractivity contribution < 1.29 is 19.1 Å². The van der Waals surface area contributed by atoms with Gasteiger partial charge in [-0.1, -0.05) is 24.3 Å². The molecule has 1 N–H and O–H groups in total. The van der Waals surface area contributed by atoms with E-state index in [-0.39, 0.29) is 18.4 Å². The van der Waals surface area contributed by atoms with Gasteiger partial charge in [0.15, 0.2) is 6.61 Å². The first-order valence-electron chi connectivity index (χ1n) is 9.16. The molecule has 1 aliphatic rings. The summed E-state index contributed by atoms with van der Waals surface area (Å²) in [4.78, 5) is 25.9. The van der Waals surface area contributed by atoms with Crippen molar-refractivity contribution in [1.82, 2.24) is 0 Å². The summed E-state index contributed by atoms with van der Waals surface area (Å²) in [6, 6.07) is 14.8. The Balaban J connectivity index is 1.58. The van der Waals surface area contributed by atoms with Crippen LogP contribution in [0.25, 0.3) is 0 Å². The molecule has 6 heteroatoms. The average Bonchev–Trinajstić information content (AvgIpc) is 3.12. The third kappa shape index (κ3) is 5.08. The van der Waals surface area contributed by atoms with Gasteiger partial charge in [0.2, 0.25) is 5.91 Å². The second kappa shape index (κ2) is 9.19. The summed E-state index contributed by atoms with van der Waals surface area (Å²) in [5, 5.41) is 2.86. The van der Waals surface area contributed by atoms with Crippen molar-refractivity contribution in [3.63, 3.8) is 0 Å². The van der Waals surface area contributed by atoms with Crippen LogP contribution in [-0.2, 0) is 20.9 Å². The molecule has 3 rings (SSSR count). The lowest BCUT2D eigenvalue weighted by Gasteiger charge is -2.17. The van der Waals surface area contributed by atoms with E-state index in [4.69, 9.17) is 9.47 Å². The SMILES string of the molecule is CCOCc1ccccc1NC(=O)COc1cccc(N2CCCC2=O)c1. The summed E-state index contributed by atoms with van der Waals surface area (Å²) in [5.41, 5.74) is 2.44. The summed E-state index contributed by atoms with van der Waals surface area (Å²) in [6.45, 7) is 3.60. The number of anilines is 2. The fourth-order valence-corrected chi connectivity index (χ4v) is 2.98. The quantitative estimate of drug-likeness (QED) is 0.776. The van der Waals surface area contributed by atoms with Crippen LogP contribution in [0.5, 0.6) is 5.75 Å². The number of carbonyl (C=O) groups is 2. The zero-order valence-electron chi connectivity index (χ0n) is 15.4. The third-order valence-electron chi connectivity index (χ3n) is 4.33. The zero-order chi connectivity index (χ0) is 19.1. The van der Waals surface area contributed by atoms with E-state index in [1.54, 1.807) is 17.0 Å². The molecule has 1 heterocycles. The Bertz CT molecular complexity index is 806. The molecule has 27 heavy (non-hydrogen) atoms. The average molecular weight is 368 g/mol. The number of nitrogens with one attached hydrogen (secondary N) is 1. The van der Waals surface area contributed by atoms with Gasteiger partial charge in [-0.25, -0.2) is 0 Å². The Morgan fingerprint density at radius 2 is 2.04 bits per heavy atom. The molecule has 1 aliphatic heterocycles. The van der Waals surface area contributed by atoms with E-state index in [0.717, 1.165) is 29.9 Å². The van der Waals surface area contributed by atoms with Gasteiger partial charge in [-0.05, 0) is 31.5 Å². The van der Waals surface area contributed by atoms with Crippen molar-refractivity contribution >= 4 is 23.2 Å². The third-order valence-corrected chi connectivity index (χ3v) is 4.33. The molecule has 2 aromatic carbocycles. The van der Waals surface area contributed by atoms with Crippen LogP contribution >= 0.6 is 0 Å². The second-order valence-corrected chi connectivity index (χ2v) is 6.28. The molecule has 1 saturated heterocycles. The maximum absolute atomic E-state index is 12.3. The van der Waals surface area contributed by atoms with Crippen LogP contribution in [0.4, 0.5) is 11.4 Å².